The van der Waals surface area contributed by atoms with Crippen molar-refractivity contribution in [3.8, 4) is 11.8 Å². The number of nitrogens with one attached hydrogen (secondary N) is 1. The van der Waals surface area contributed by atoms with Gasteiger partial charge < -0.3 is 20.0 Å². The Labute approximate surface area is 145 Å². The molecule has 6 nitrogen and oxygen atoms in total. The van der Waals surface area contributed by atoms with E-state index in [-0.39, 0.29) is 5.57 Å². The van der Waals surface area contributed by atoms with Crippen molar-refractivity contribution in [1.82, 2.24) is 5.32 Å². The average molecular weight is 335 g/mol. The van der Waals surface area contributed by atoms with Crippen molar-refractivity contribution in [3.63, 3.8) is 0 Å². The van der Waals surface area contributed by atoms with Crippen LogP contribution >= 0.6 is 0 Å². The van der Waals surface area contributed by atoms with Crippen LogP contribution in [0.4, 0.5) is 0 Å². The highest BCUT2D eigenvalue weighted by molar-refractivity contribution is 6.01. The van der Waals surface area contributed by atoms with Gasteiger partial charge in [-0.3, -0.25) is 4.79 Å². The van der Waals surface area contributed by atoms with Gasteiger partial charge in [0.05, 0.1) is 5.97 Å². The van der Waals surface area contributed by atoms with E-state index in [2.05, 4.69) is 5.32 Å². The normalized spacial score (nSPS) is 10.6. The SMILES string of the molecule is N#C/C(=C\c1ccc(OCC(=O)[O-])cc1)C(=O)NCc1ccccc1. The molecule has 0 radical (unpaired) electrons. The van der Waals surface area contributed by atoms with Gasteiger partial charge in [-0.25, -0.2) is 0 Å². The standard InChI is InChI=1S/C19H16N2O4/c20-11-16(19(24)21-12-15-4-2-1-3-5-15)10-14-6-8-17(9-7-14)25-13-18(22)23/h1-10H,12-13H2,(H,21,24)(H,22,23)/p-1/b16-10+. The molecule has 2 aromatic rings. The fraction of sp³-hybridized carbons (Fsp3) is 0.105. The molecule has 0 spiro atoms. The summed E-state index contributed by atoms with van der Waals surface area (Å²) in [6.45, 7) is -0.213. The van der Waals surface area contributed by atoms with E-state index in [9.17, 15) is 20.0 Å². The van der Waals surface area contributed by atoms with E-state index >= 15 is 0 Å². The van der Waals surface area contributed by atoms with Gasteiger partial charge in [0, 0.05) is 6.54 Å². The summed E-state index contributed by atoms with van der Waals surface area (Å²) in [4.78, 5) is 22.4. The summed E-state index contributed by atoms with van der Waals surface area (Å²) in [6.07, 6.45) is 1.45. The number of nitriles is 1. The molecule has 2 aromatic carbocycles. The lowest BCUT2D eigenvalue weighted by molar-refractivity contribution is -0.307. The minimum absolute atomic E-state index is 0.0284. The number of aliphatic carboxylic acids is 1. The third-order valence-electron chi connectivity index (χ3n) is 3.21. The van der Waals surface area contributed by atoms with E-state index in [1.165, 1.54) is 6.08 Å². The largest absolute Gasteiger partial charge is 0.546 e. The van der Waals surface area contributed by atoms with Crippen molar-refractivity contribution in [1.29, 1.82) is 5.26 Å². The lowest BCUT2D eigenvalue weighted by Crippen LogP contribution is -2.28. The Morgan fingerprint density at radius 1 is 1.12 bits per heavy atom. The number of hydrogen-bond donors (Lipinski definition) is 1. The van der Waals surface area contributed by atoms with Crippen molar-refractivity contribution in [2.75, 3.05) is 6.61 Å². The molecule has 0 bridgehead atoms. The molecule has 1 N–H and O–H groups in total. The third-order valence-corrected chi connectivity index (χ3v) is 3.21. The first-order valence-corrected chi connectivity index (χ1v) is 7.45. The van der Waals surface area contributed by atoms with Crippen LogP contribution < -0.4 is 15.2 Å². The predicted octanol–water partition coefficient (Wildman–Crippen LogP) is 1.04. The molecule has 0 unspecified atom stereocenters. The van der Waals surface area contributed by atoms with E-state index in [1.807, 2.05) is 36.4 Å². The van der Waals surface area contributed by atoms with Gasteiger partial charge in [0.2, 0.25) is 0 Å². The molecular formula is C19H15N2O4-. The number of ether oxygens (including phenoxy) is 1. The summed E-state index contributed by atoms with van der Waals surface area (Å²) in [7, 11) is 0. The molecule has 0 fully saturated rings. The zero-order valence-corrected chi connectivity index (χ0v) is 13.3. The highest BCUT2D eigenvalue weighted by atomic mass is 16.5. The number of carbonyl (C=O) groups is 2. The highest BCUT2D eigenvalue weighted by Crippen LogP contribution is 2.14. The fourth-order valence-electron chi connectivity index (χ4n) is 1.99. The van der Waals surface area contributed by atoms with Gasteiger partial charge in [0.25, 0.3) is 5.91 Å². The lowest BCUT2D eigenvalue weighted by Gasteiger charge is -2.07. The summed E-state index contributed by atoms with van der Waals surface area (Å²) in [5.74, 6) is -1.43. The predicted molar refractivity (Wildman–Crippen MR) is 88.8 cm³/mol. The Bertz CT molecular complexity index is 806. The van der Waals surface area contributed by atoms with Crippen LogP contribution in [-0.2, 0) is 16.1 Å². The van der Waals surface area contributed by atoms with E-state index in [1.54, 1.807) is 24.3 Å². The quantitative estimate of drug-likeness (QED) is 0.601. The molecule has 1 amide bonds. The molecule has 25 heavy (non-hydrogen) atoms. The summed E-state index contributed by atoms with van der Waals surface area (Å²) in [5, 5.41) is 22.2. The Balaban J connectivity index is 2.00. The first-order chi connectivity index (χ1) is 12.1. The van der Waals surface area contributed by atoms with E-state index < -0.39 is 18.5 Å². The number of carbonyl (C=O) groups excluding carboxylic acids is 2. The first-order valence-electron chi connectivity index (χ1n) is 7.45. The Morgan fingerprint density at radius 3 is 2.40 bits per heavy atom. The van der Waals surface area contributed by atoms with Crippen molar-refractivity contribution >= 4 is 18.0 Å². The molecule has 0 aliphatic carbocycles. The van der Waals surface area contributed by atoms with Crippen molar-refractivity contribution < 1.29 is 19.4 Å². The Hall–Kier alpha value is -3.59. The van der Waals surface area contributed by atoms with Gasteiger partial charge in [-0.15, -0.1) is 0 Å². The van der Waals surface area contributed by atoms with Crippen LogP contribution in [0.15, 0.2) is 60.2 Å². The van der Waals surface area contributed by atoms with Crippen LogP contribution in [0.3, 0.4) is 0 Å². The monoisotopic (exact) mass is 335 g/mol. The first kappa shape index (κ1) is 17.8. The number of hydrogen-bond acceptors (Lipinski definition) is 5. The van der Waals surface area contributed by atoms with Crippen LogP contribution in [0, 0.1) is 11.3 Å². The highest BCUT2D eigenvalue weighted by Gasteiger charge is 2.08. The maximum atomic E-state index is 12.1. The lowest BCUT2D eigenvalue weighted by atomic mass is 10.1. The summed E-state index contributed by atoms with van der Waals surface area (Å²) < 4.78 is 4.96. The van der Waals surface area contributed by atoms with Gasteiger partial charge in [-0.2, -0.15) is 5.26 Å². The van der Waals surface area contributed by atoms with Gasteiger partial charge in [0.1, 0.15) is 24.0 Å². The third kappa shape index (κ3) is 5.84. The number of carboxylic acid groups (broad SMARTS) is 1. The summed E-state index contributed by atoms with van der Waals surface area (Å²) in [6, 6.07) is 17.6. The maximum absolute atomic E-state index is 12.1. The van der Waals surface area contributed by atoms with Gasteiger partial charge in [-0.05, 0) is 29.3 Å². The number of carboxylic acids is 1. The van der Waals surface area contributed by atoms with Gasteiger partial charge in [-0.1, -0.05) is 42.5 Å². The number of benzene rings is 2. The van der Waals surface area contributed by atoms with E-state index in [0.717, 1.165) is 5.56 Å². The van der Waals surface area contributed by atoms with Crippen LogP contribution in [0.2, 0.25) is 0 Å². The van der Waals surface area contributed by atoms with Gasteiger partial charge in [0.15, 0.2) is 0 Å². The van der Waals surface area contributed by atoms with Crippen LogP contribution in [-0.4, -0.2) is 18.5 Å². The smallest absolute Gasteiger partial charge is 0.262 e. The molecule has 0 heterocycles. The zero-order valence-electron chi connectivity index (χ0n) is 13.3. The average Bonchev–Trinajstić information content (AvgIpc) is 2.64. The number of rotatable bonds is 7. The van der Waals surface area contributed by atoms with Crippen molar-refractivity contribution in [2.45, 2.75) is 6.54 Å². The van der Waals surface area contributed by atoms with E-state index in [4.69, 9.17) is 4.74 Å². The fourth-order valence-corrected chi connectivity index (χ4v) is 1.99. The van der Waals surface area contributed by atoms with Crippen molar-refractivity contribution in [3.05, 3.63) is 71.3 Å². The molecule has 0 saturated carbocycles. The molecule has 0 aliphatic heterocycles. The number of nitrogens with zero attached hydrogens (tertiary/aromatic N) is 1. The minimum atomic E-state index is -1.31. The molecule has 0 saturated heterocycles. The molecule has 0 aromatic heterocycles. The molecule has 6 heteroatoms. The molecular weight excluding hydrogens is 320 g/mol. The zero-order chi connectivity index (χ0) is 18.1. The van der Waals surface area contributed by atoms with E-state index in [0.29, 0.717) is 17.9 Å². The second-order valence-corrected chi connectivity index (χ2v) is 5.07. The van der Waals surface area contributed by atoms with Crippen LogP contribution in [0.5, 0.6) is 5.75 Å². The topological polar surface area (TPSA) is 102 Å². The minimum Gasteiger partial charge on any atom is -0.546 e. The molecule has 0 atom stereocenters. The number of amides is 1. The second kappa shape index (κ2) is 8.89. The maximum Gasteiger partial charge on any atom is 0.262 e. The summed E-state index contributed by atoms with van der Waals surface area (Å²) >= 11 is 0. The van der Waals surface area contributed by atoms with Crippen molar-refractivity contribution in [2.24, 2.45) is 0 Å². The Kier molecular flexibility index (Phi) is 6.32. The molecule has 126 valence electrons. The Morgan fingerprint density at radius 2 is 1.80 bits per heavy atom. The molecule has 0 aliphatic rings. The van der Waals surface area contributed by atoms with Crippen LogP contribution in [0.1, 0.15) is 11.1 Å². The van der Waals surface area contributed by atoms with Gasteiger partial charge >= 0.3 is 0 Å². The molecule has 2 rings (SSSR count). The van der Waals surface area contributed by atoms with Crippen LogP contribution in [0.25, 0.3) is 6.08 Å². The summed E-state index contributed by atoms with van der Waals surface area (Å²) in [5.41, 5.74) is 1.52. The second-order valence-electron chi connectivity index (χ2n) is 5.07.